The third kappa shape index (κ3) is 38.0. The van der Waals surface area contributed by atoms with Crippen molar-refractivity contribution in [1.82, 2.24) is 0 Å². The van der Waals surface area contributed by atoms with Gasteiger partial charge in [-0.15, -0.1) is 0 Å². The number of likely N-dealkylation sites (N-methyl/N-ethyl adjacent to an activating group) is 1. The maximum Gasteiger partial charge on any atom is 0.306 e. The second-order valence-electron chi connectivity index (χ2n) is 14.8. The number of allylic oxidation sites excluding steroid dienone is 7. The first kappa shape index (κ1) is 50.9. The first-order chi connectivity index (χ1) is 25.4. The van der Waals surface area contributed by atoms with Gasteiger partial charge in [0.15, 0.2) is 6.10 Å². The minimum atomic E-state index is -4.64. The van der Waals surface area contributed by atoms with Gasteiger partial charge in [0.1, 0.15) is 19.8 Å². The standard InChI is InChI=1S/C42H76NO9P/c1-6-8-9-10-11-12-16-20-23-26-29-33-41(45)49-37-40(38-51-53(47,48)50-36-35-43(3,4)5)52-42(46)34-30-27-24-21-18-15-13-14-17-19-22-25-28-32-39(44)31-7-2/h13,15,17,19,21,24-25,28,39-40,44H,6-12,14,16,18,20,22-23,26-27,29-38H2,1-5H3/b15-13-,19-17-,24-21-,28-25-/t39?,40-/m1/s1. The quantitative estimate of drug-likeness (QED) is 0.0218. The molecule has 3 atom stereocenters. The highest BCUT2D eigenvalue weighted by Gasteiger charge is 2.21. The maximum absolute atomic E-state index is 12.6. The molecule has 10 nitrogen and oxygen atoms in total. The van der Waals surface area contributed by atoms with E-state index in [2.05, 4.69) is 44.2 Å². The highest BCUT2D eigenvalue weighted by Crippen LogP contribution is 2.38. The van der Waals surface area contributed by atoms with Gasteiger partial charge < -0.3 is 33.0 Å². The van der Waals surface area contributed by atoms with Crippen LogP contribution in [-0.4, -0.2) is 81.2 Å². The summed E-state index contributed by atoms with van der Waals surface area (Å²) in [5, 5.41) is 9.72. The van der Waals surface area contributed by atoms with Crippen molar-refractivity contribution in [1.29, 1.82) is 0 Å². The summed E-state index contributed by atoms with van der Waals surface area (Å²) in [4.78, 5) is 37.4. The summed E-state index contributed by atoms with van der Waals surface area (Å²) in [5.41, 5.74) is 0. The van der Waals surface area contributed by atoms with Crippen LogP contribution in [-0.2, 0) is 32.7 Å². The van der Waals surface area contributed by atoms with E-state index in [0.29, 0.717) is 30.3 Å². The first-order valence-electron chi connectivity index (χ1n) is 20.4. The molecule has 0 aliphatic rings. The van der Waals surface area contributed by atoms with Gasteiger partial charge in [0, 0.05) is 12.8 Å². The van der Waals surface area contributed by atoms with E-state index in [1.807, 2.05) is 39.4 Å². The number of ether oxygens (including phenoxy) is 2. The number of aliphatic hydroxyl groups is 1. The van der Waals surface area contributed by atoms with E-state index in [1.165, 1.54) is 51.4 Å². The number of esters is 2. The molecule has 0 aromatic carbocycles. The molecule has 0 aliphatic heterocycles. The number of carbonyl (C=O) groups is 2. The summed E-state index contributed by atoms with van der Waals surface area (Å²) in [5.74, 6) is -0.924. The van der Waals surface area contributed by atoms with Gasteiger partial charge in [0.05, 0.1) is 33.9 Å². The molecule has 0 aromatic heterocycles. The van der Waals surface area contributed by atoms with Gasteiger partial charge in [-0.25, -0.2) is 0 Å². The topological polar surface area (TPSA) is 131 Å². The van der Waals surface area contributed by atoms with Gasteiger partial charge in [0.2, 0.25) is 0 Å². The fourth-order valence-electron chi connectivity index (χ4n) is 5.19. The van der Waals surface area contributed by atoms with E-state index in [4.69, 9.17) is 18.5 Å². The molecule has 0 saturated carbocycles. The Kier molecular flexibility index (Phi) is 33.1. The molecule has 0 heterocycles. The van der Waals surface area contributed by atoms with Crippen molar-refractivity contribution in [2.75, 3.05) is 47.5 Å². The Labute approximate surface area is 323 Å². The molecular weight excluding hydrogens is 693 g/mol. The van der Waals surface area contributed by atoms with Crippen LogP contribution >= 0.6 is 7.82 Å². The number of phosphoric ester groups is 1. The monoisotopic (exact) mass is 770 g/mol. The first-order valence-corrected chi connectivity index (χ1v) is 21.9. The summed E-state index contributed by atoms with van der Waals surface area (Å²) in [6.45, 7) is 3.92. The van der Waals surface area contributed by atoms with Crippen molar-refractivity contribution in [3.63, 3.8) is 0 Å². The van der Waals surface area contributed by atoms with E-state index in [-0.39, 0.29) is 32.2 Å². The van der Waals surface area contributed by atoms with Crippen molar-refractivity contribution >= 4 is 19.8 Å². The van der Waals surface area contributed by atoms with Crippen molar-refractivity contribution in [3.8, 4) is 0 Å². The highest BCUT2D eigenvalue weighted by molar-refractivity contribution is 7.45. The van der Waals surface area contributed by atoms with Crippen LogP contribution in [0, 0.1) is 0 Å². The Balaban J connectivity index is 4.53. The largest absolute Gasteiger partial charge is 0.756 e. The Morgan fingerprint density at radius 3 is 1.77 bits per heavy atom. The van der Waals surface area contributed by atoms with Crippen LogP contribution in [0.25, 0.3) is 0 Å². The lowest BCUT2D eigenvalue weighted by Gasteiger charge is -2.28. The molecule has 53 heavy (non-hydrogen) atoms. The van der Waals surface area contributed by atoms with Crippen LogP contribution in [0.15, 0.2) is 48.6 Å². The number of nitrogens with zero attached hydrogens (tertiary/aromatic N) is 1. The summed E-state index contributed by atoms with van der Waals surface area (Å²) >= 11 is 0. The molecule has 0 rings (SSSR count). The van der Waals surface area contributed by atoms with E-state index in [1.54, 1.807) is 0 Å². The lowest BCUT2D eigenvalue weighted by Crippen LogP contribution is -2.37. The third-order valence-electron chi connectivity index (χ3n) is 8.41. The maximum atomic E-state index is 12.6. The summed E-state index contributed by atoms with van der Waals surface area (Å²) in [6, 6.07) is 0. The molecule has 0 spiro atoms. The molecular formula is C42H76NO9P. The SMILES string of the molecule is CCCCCCCCCCCCCC(=O)OC[C@H](COP(=O)([O-])OCC[N+](C)(C)C)OC(=O)CCC/C=C\C/C=C\C/C=C\C/C=C\CC(O)CCC. The van der Waals surface area contributed by atoms with Gasteiger partial charge in [-0.1, -0.05) is 133 Å². The summed E-state index contributed by atoms with van der Waals surface area (Å²) < 4.78 is 33.7. The summed E-state index contributed by atoms with van der Waals surface area (Å²) in [7, 11) is 1.10. The van der Waals surface area contributed by atoms with Gasteiger partial charge in [-0.05, 0) is 51.4 Å². The van der Waals surface area contributed by atoms with Crippen molar-refractivity contribution < 1.29 is 47.2 Å². The minimum Gasteiger partial charge on any atom is -0.756 e. The van der Waals surface area contributed by atoms with Crippen LogP contribution in [0.1, 0.15) is 149 Å². The smallest absolute Gasteiger partial charge is 0.306 e. The van der Waals surface area contributed by atoms with E-state index in [0.717, 1.165) is 51.4 Å². The zero-order valence-corrected chi connectivity index (χ0v) is 35.0. The zero-order valence-electron chi connectivity index (χ0n) is 34.1. The van der Waals surface area contributed by atoms with Crippen LogP contribution < -0.4 is 4.89 Å². The average Bonchev–Trinajstić information content (AvgIpc) is 3.09. The highest BCUT2D eigenvalue weighted by atomic mass is 31.2. The average molecular weight is 770 g/mol. The molecule has 0 amide bonds. The normalized spacial score (nSPS) is 14.8. The van der Waals surface area contributed by atoms with Gasteiger partial charge in [0.25, 0.3) is 7.82 Å². The molecule has 0 bridgehead atoms. The molecule has 11 heteroatoms. The van der Waals surface area contributed by atoms with E-state index >= 15 is 0 Å². The van der Waals surface area contributed by atoms with Crippen LogP contribution in [0.3, 0.4) is 0 Å². The second kappa shape index (κ2) is 34.4. The Hall–Kier alpha value is -2.07. The predicted molar refractivity (Wildman–Crippen MR) is 214 cm³/mol. The third-order valence-corrected chi connectivity index (χ3v) is 9.37. The van der Waals surface area contributed by atoms with Crippen LogP contribution in [0.2, 0.25) is 0 Å². The lowest BCUT2D eigenvalue weighted by molar-refractivity contribution is -0.870. The minimum absolute atomic E-state index is 0.0484. The molecule has 1 N–H and O–H groups in total. The number of carbonyl (C=O) groups excluding carboxylic acids is 2. The van der Waals surface area contributed by atoms with Gasteiger partial charge in [-0.2, -0.15) is 0 Å². The molecule has 0 aromatic rings. The molecule has 0 aliphatic carbocycles. The van der Waals surface area contributed by atoms with Gasteiger partial charge >= 0.3 is 11.9 Å². The second-order valence-corrected chi connectivity index (χ2v) is 16.2. The molecule has 2 unspecified atom stereocenters. The molecule has 0 radical (unpaired) electrons. The number of quaternary nitrogens is 1. The number of phosphoric acid groups is 1. The van der Waals surface area contributed by atoms with Crippen LogP contribution in [0.4, 0.5) is 0 Å². The van der Waals surface area contributed by atoms with Crippen molar-refractivity contribution in [2.45, 2.75) is 161 Å². The summed E-state index contributed by atoms with van der Waals surface area (Å²) in [6.07, 6.45) is 34.9. The molecule has 0 fully saturated rings. The number of hydrogen-bond acceptors (Lipinski definition) is 9. The van der Waals surface area contributed by atoms with E-state index in [9.17, 15) is 24.2 Å². The van der Waals surface area contributed by atoms with E-state index < -0.39 is 32.5 Å². The lowest BCUT2D eigenvalue weighted by atomic mass is 10.1. The predicted octanol–water partition coefficient (Wildman–Crippen LogP) is 9.47. The fraction of sp³-hybridized carbons (Fsp3) is 0.762. The zero-order chi connectivity index (χ0) is 39.5. The number of hydrogen-bond donors (Lipinski definition) is 1. The number of aliphatic hydroxyl groups excluding tert-OH is 1. The Bertz CT molecular complexity index is 1070. The number of rotatable bonds is 36. The van der Waals surface area contributed by atoms with Crippen molar-refractivity contribution in [3.05, 3.63) is 48.6 Å². The van der Waals surface area contributed by atoms with Crippen LogP contribution in [0.5, 0.6) is 0 Å². The fourth-order valence-corrected chi connectivity index (χ4v) is 5.92. The number of unbranched alkanes of at least 4 members (excludes halogenated alkanes) is 11. The van der Waals surface area contributed by atoms with Crippen molar-refractivity contribution in [2.24, 2.45) is 0 Å². The Morgan fingerprint density at radius 2 is 1.21 bits per heavy atom. The Morgan fingerprint density at radius 1 is 0.679 bits per heavy atom. The molecule has 0 saturated heterocycles. The molecule has 308 valence electrons. The van der Waals surface area contributed by atoms with Gasteiger partial charge in [-0.3, -0.25) is 14.2 Å².